The summed E-state index contributed by atoms with van der Waals surface area (Å²) >= 11 is 0. The quantitative estimate of drug-likeness (QED) is 0.582. The third-order valence-corrected chi connectivity index (χ3v) is 1.87. The summed E-state index contributed by atoms with van der Waals surface area (Å²) < 4.78 is 5.34. The summed E-state index contributed by atoms with van der Waals surface area (Å²) in [6, 6.07) is 5.18. The molecule has 2 rings (SSSR count). The lowest BCUT2D eigenvalue weighted by Crippen LogP contribution is -2.10. The van der Waals surface area contributed by atoms with Crippen molar-refractivity contribution in [3.05, 3.63) is 18.2 Å². The molecule has 0 radical (unpaired) electrons. The molecule has 0 fully saturated rings. The van der Waals surface area contributed by atoms with Crippen molar-refractivity contribution >= 4 is 17.3 Å². The van der Waals surface area contributed by atoms with Gasteiger partial charge in [-0.05, 0) is 12.1 Å². The fourth-order valence-electron chi connectivity index (χ4n) is 1.23. The van der Waals surface area contributed by atoms with Crippen LogP contribution in [0.2, 0.25) is 0 Å². The van der Waals surface area contributed by atoms with Crippen molar-refractivity contribution in [3.8, 4) is 5.75 Å². The van der Waals surface area contributed by atoms with Gasteiger partial charge < -0.3 is 15.8 Å². The number of hydrogen-bond donors (Lipinski definition) is 2. The molecule has 0 bridgehead atoms. The third-order valence-electron chi connectivity index (χ3n) is 1.87. The van der Waals surface area contributed by atoms with Gasteiger partial charge in [0.2, 0.25) is 5.91 Å². The Bertz CT molecular complexity index is 349. The number of anilines is 2. The molecule has 1 aliphatic rings. The molecule has 0 saturated heterocycles. The van der Waals surface area contributed by atoms with Crippen LogP contribution in [0.1, 0.15) is 6.42 Å². The van der Waals surface area contributed by atoms with Gasteiger partial charge in [-0.25, -0.2) is 0 Å². The Morgan fingerprint density at radius 2 is 2.31 bits per heavy atom. The third kappa shape index (κ3) is 1.56. The van der Waals surface area contributed by atoms with Crippen molar-refractivity contribution in [2.75, 3.05) is 17.7 Å². The van der Waals surface area contributed by atoms with E-state index in [1.54, 1.807) is 18.2 Å². The maximum atomic E-state index is 11.1. The van der Waals surface area contributed by atoms with Crippen LogP contribution in [0.15, 0.2) is 18.2 Å². The van der Waals surface area contributed by atoms with Crippen LogP contribution in [-0.2, 0) is 4.79 Å². The van der Waals surface area contributed by atoms with E-state index in [1.807, 2.05) is 0 Å². The maximum absolute atomic E-state index is 11.1. The predicted octanol–water partition coefficient (Wildman–Crippen LogP) is 0.990. The molecular formula is C9H10N2O2. The molecule has 3 N–H and O–H groups in total. The average molecular weight is 178 g/mol. The number of nitrogens with two attached hydrogens (primary N) is 1. The minimum atomic E-state index is -0.0245. The van der Waals surface area contributed by atoms with E-state index in [2.05, 4.69) is 5.32 Å². The second-order valence-electron chi connectivity index (χ2n) is 2.90. The Morgan fingerprint density at radius 1 is 1.46 bits per heavy atom. The highest BCUT2D eigenvalue weighted by Crippen LogP contribution is 2.28. The summed E-state index contributed by atoms with van der Waals surface area (Å²) in [6.07, 6.45) is 0.384. The molecule has 1 aliphatic heterocycles. The summed E-state index contributed by atoms with van der Waals surface area (Å²) in [6.45, 7) is 0.405. The Kier molecular flexibility index (Phi) is 1.81. The normalized spacial score (nSPS) is 15.2. The molecule has 13 heavy (non-hydrogen) atoms. The van der Waals surface area contributed by atoms with Crippen LogP contribution in [0.3, 0.4) is 0 Å². The molecule has 1 aromatic rings. The van der Waals surface area contributed by atoms with Crippen molar-refractivity contribution < 1.29 is 9.53 Å². The van der Waals surface area contributed by atoms with Crippen molar-refractivity contribution in [3.63, 3.8) is 0 Å². The first kappa shape index (κ1) is 7.91. The van der Waals surface area contributed by atoms with Crippen LogP contribution >= 0.6 is 0 Å². The van der Waals surface area contributed by atoms with Gasteiger partial charge in [-0.15, -0.1) is 0 Å². The highest BCUT2D eigenvalue weighted by atomic mass is 16.5. The number of fused-ring (bicyclic) bond motifs is 1. The smallest absolute Gasteiger partial charge is 0.227 e. The van der Waals surface area contributed by atoms with Crippen molar-refractivity contribution in [1.82, 2.24) is 0 Å². The van der Waals surface area contributed by atoms with E-state index in [4.69, 9.17) is 10.5 Å². The second-order valence-corrected chi connectivity index (χ2v) is 2.90. The number of rotatable bonds is 0. The topological polar surface area (TPSA) is 64.3 Å². The molecule has 0 unspecified atom stereocenters. The van der Waals surface area contributed by atoms with Gasteiger partial charge in [0.1, 0.15) is 5.75 Å². The molecule has 1 heterocycles. The minimum absolute atomic E-state index is 0.0245. The molecule has 0 aromatic heterocycles. The molecule has 0 spiro atoms. The number of nitrogen functional groups attached to an aromatic ring is 1. The van der Waals surface area contributed by atoms with Crippen molar-refractivity contribution in [2.45, 2.75) is 6.42 Å². The van der Waals surface area contributed by atoms with E-state index in [1.165, 1.54) is 0 Å². The lowest BCUT2D eigenvalue weighted by Gasteiger charge is -2.06. The molecule has 0 aliphatic carbocycles. The fourth-order valence-corrected chi connectivity index (χ4v) is 1.23. The molecule has 4 heteroatoms. The largest absolute Gasteiger partial charge is 0.491 e. The summed E-state index contributed by atoms with van der Waals surface area (Å²) in [5.74, 6) is 0.620. The van der Waals surface area contributed by atoms with E-state index in [0.29, 0.717) is 30.2 Å². The standard InChI is InChI=1S/C9H10N2O2/c10-6-1-2-7-8(5-6)13-4-3-9(12)11-7/h1-2,5H,3-4,10H2,(H,11,12). The summed E-state index contributed by atoms with van der Waals surface area (Å²) in [4.78, 5) is 11.1. The Morgan fingerprint density at radius 3 is 3.15 bits per heavy atom. The van der Waals surface area contributed by atoms with Crippen LogP contribution in [-0.4, -0.2) is 12.5 Å². The van der Waals surface area contributed by atoms with Gasteiger partial charge in [-0.3, -0.25) is 4.79 Å². The summed E-state index contributed by atoms with van der Waals surface area (Å²) in [5.41, 5.74) is 6.90. The van der Waals surface area contributed by atoms with Gasteiger partial charge >= 0.3 is 0 Å². The number of carbonyl (C=O) groups is 1. The fraction of sp³-hybridized carbons (Fsp3) is 0.222. The monoisotopic (exact) mass is 178 g/mol. The number of amides is 1. The van der Waals surface area contributed by atoms with Crippen molar-refractivity contribution in [1.29, 1.82) is 0 Å². The van der Waals surface area contributed by atoms with Gasteiger partial charge in [-0.1, -0.05) is 0 Å². The second kappa shape index (κ2) is 2.97. The van der Waals surface area contributed by atoms with Crippen LogP contribution in [0.4, 0.5) is 11.4 Å². The number of ether oxygens (including phenoxy) is 1. The van der Waals surface area contributed by atoms with Gasteiger partial charge in [0, 0.05) is 11.8 Å². The molecular weight excluding hydrogens is 168 g/mol. The highest BCUT2D eigenvalue weighted by molar-refractivity contribution is 5.93. The van der Waals surface area contributed by atoms with Gasteiger partial charge in [0.25, 0.3) is 0 Å². The van der Waals surface area contributed by atoms with E-state index in [-0.39, 0.29) is 5.91 Å². The maximum Gasteiger partial charge on any atom is 0.227 e. The minimum Gasteiger partial charge on any atom is -0.491 e. The van der Waals surface area contributed by atoms with Crippen LogP contribution < -0.4 is 15.8 Å². The molecule has 1 amide bonds. The van der Waals surface area contributed by atoms with Crippen LogP contribution in [0, 0.1) is 0 Å². The van der Waals surface area contributed by atoms with E-state index < -0.39 is 0 Å². The van der Waals surface area contributed by atoms with E-state index >= 15 is 0 Å². The SMILES string of the molecule is Nc1ccc2c(c1)OCCC(=O)N2. The first-order valence-electron chi connectivity index (χ1n) is 4.08. The van der Waals surface area contributed by atoms with E-state index in [0.717, 1.165) is 0 Å². The molecule has 68 valence electrons. The molecule has 0 saturated carbocycles. The zero-order chi connectivity index (χ0) is 9.26. The van der Waals surface area contributed by atoms with Gasteiger partial charge in [0.15, 0.2) is 0 Å². The van der Waals surface area contributed by atoms with Gasteiger partial charge in [0.05, 0.1) is 18.7 Å². The Hall–Kier alpha value is -1.71. The first-order chi connectivity index (χ1) is 6.25. The van der Waals surface area contributed by atoms with E-state index in [9.17, 15) is 4.79 Å². The lowest BCUT2D eigenvalue weighted by atomic mass is 10.2. The Balaban J connectivity index is 2.40. The molecule has 4 nitrogen and oxygen atoms in total. The zero-order valence-corrected chi connectivity index (χ0v) is 7.04. The number of nitrogens with one attached hydrogen (secondary N) is 1. The first-order valence-corrected chi connectivity index (χ1v) is 4.08. The van der Waals surface area contributed by atoms with Crippen LogP contribution in [0.5, 0.6) is 5.75 Å². The number of benzene rings is 1. The van der Waals surface area contributed by atoms with Crippen LogP contribution in [0.25, 0.3) is 0 Å². The highest BCUT2D eigenvalue weighted by Gasteiger charge is 2.12. The summed E-state index contributed by atoms with van der Waals surface area (Å²) in [5, 5.41) is 2.73. The molecule has 1 aromatic carbocycles. The predicted molar refractivity (Wildman–Crippen MR) is 49.6 cm³/mol. The summed E-state index contributed by atoms with van der Waals surface area (Å²) in [7, 11) is 0. The molecule has 0 atom stereocenters. The Labute approximate surface area is 75.7 Å². The zero-order valence-electron chi connectivity index (χ0n) is 7.04. The average Bonchev–Trinajstić information content (AvgIpc) is 2.25. The number of hydrogen-bond acceptors (Lipinski definition) is 3. The lowest BCUT2D eigenvalue weighted by molar-refractivity contribution is -0.116. The van der Waals surface area contributed by atoms with Crippen molar-refractivity contribution in [2.24, 2.45) is 0 Å². The van der Waals surface area contributed by atoms with Gasteiger partial charge in [-0.2, -0.15) is 0 Å². The number of carbonyl (C=O) groups excluding carboxylic acids is 1.